The topological polar surface area (TPSA) is 26.3 Å². The molecule has 0 spiro atoms. The first-order chi connectivity index (χ1) is 8.01. The van der Waals surface area contributed by atoms with E-state index in [1.165, 1.54) is 5.57 Å². The number of allylic oxidation sites excluding steroid dienone is 5. The first kappa shape index (κ1) is 10.6. The van der Waals surface area contributed by atoms with E-state index in [9.17, 15) is 4.79 Å². The van der Waals surface area contributed by atoms with Gasteiger partial charge in [0.15, 0.2) is 0 Å². The van der Waals surface area contributed by atoms with Gasteiger partial charge in [0.1, 0.15) is 5.76 Å². The number of fused-ring (bicyclic) bond motifs is 2. The molecule has 0 saturated carbocycles. The van der Waals surface area contributed by atoms with E-state index in [1.807, 2.05) is 6.92 Å². The molecule has 2 heteroatoms. The second kappa shape index (κ2) is 3.22. The molecule has 1 aliphatic heterocycles. The van der Waals surface area contributed by atoms with Crippen LogP contribution in [0.2, 0.25) is 0 Å². The van der Waals surface area contributed by atoms with E-state index in [-0.39, 0.29) is 11.4 Å². The van der Waals surface area contributed by atoms with E-state index in [0.717, 1.165) is 29.7 Å². The second-order valence-electron chi connectivity index (χ2n) is 5.39. The SMILES string of the molecule is C=C1CC=C[C@]2(C)C=C3OC(=O)C(C)=C3CC12. The first-order valence-electron chi connectivity index (χ1n) is 6.02. The third kappa shape index (κ3) is 1.36. The maximum Gasteiger partial charge on any atom is 0.339 e. The van der Waals surface area contributed by atoms with Crippen LogP contribution in [-0.2, 0) is 9.53 Å². The average Bonchev–Trinajstić information content (AvgIpc) is 2.52. The van der Waals surface area contributed by atoms with Crippen LogP contribution in [-0.4, -0.2) is 5.97 Å². The van der Waals surface area contributed by atoms with Crippen LogP contribution in [0.3, 0.4) is 0 Å². The number of hydrogen-bond donors (Lipinski definition) is 0. The fourth-order valence-electron chi connectivity index (χ4n) is 3.08. The van der Waals surface area contributed by atoms with Gasteiger partial charge in [-0.3, -0.25) is 0 Å². The summed E-state index contributed by atoms with van der Waals surface area (Å²) < 4.78 is 5.31. The second-order valence-corrected chi connectivity index (χ2v) is 5.39. The van der Waals surface area contributed by atoms with E-state index >= 15 is 0 Å². The van der Waals surface area contributed by atoms with Crippen molar-refractivity contribution in [2.45, 2.75) is 26.7 Å². The Kier molecular flexibility index (Phi) is 2.00. The molecule has 1 unspecified atom stereocenters. The lowest BCUT2D eigenvalue weighted by atomic mass is 9.63. The Balaban J connectivity index is 2.14. The summed E-state index contributed by atoms with van der Waals surface area (Å²) in [5, 5.41) is 0. The van der Waals surface area contributed by atoms with Crippen molar-refractivity contribution in [2.75, 3.05) is 0 Å². The van der Waals surface area contributed by atoms with E-state index in [2.05, 4.69) is 31.7 Å². The lowest BCUT2D eigenvalue weighted by molar-refractivity contribution is -0.133. The Labute approximate surface area is 101 Å². The molecule has 0 N–H and O–H groups in total. The molecule has 0 radical (unpaired) electrons. The standard InChI is InChI=1S/C15H16O2/c1-9-5-4-6-15(3)8-13-11(7-12(9)15)10(2)14(16)17-13/h4,6,8,12H,1,5,7H2,2-3H3/t12?,15-/m1/s1. The number of ether oxygens (including phenoxy) is 1. The van der Waals surface area contributed by atoms with Gasteiger partial charge >= 0.3 is 5.97 Å². The van der Waals surface area contributed by atoms with Crippen molar-refractivity contribution in [3.05, 3.63) is 47.3 Å². The minimum absolute atomic E-state index is 0.0426. The van der Waals surface area contributed by atoms with Gasteiger partial charge in [0, 0.05) is 16.6 Å². The molecule has 0 amide bonds. The highest BCUT2D eigenvalue weighted by Gasteiger charge is 2.42. The molecule has 0 aromatic heterocycles. The summed E-state index contributed by atoms with van der Waals surface area (Å²) in [4.78, 5) is 11.6. The minimum atomic E-state index is -0.192. The molecule has 0 aromatic rings. The summed E-state index contributed by atoms with van der Waals surface area (Å²) in [5.74, 6) is 0.976. The predicted molar refractivity (Wildman–Crippen MR) is 66.0 cm³/mol. The molecule has 2 aliphatic carbocycles. The zero-order valence-electron chi connectivity index (χ0n) is 10.2. The maximum absolute atomic E-state index is 11.6. The fraction of sp³-hybridized carbons (Fsp3) is 0.400. The Morgan fingerprint density at radius 3 is 3.06 bits per heavy atom. The van der Waals surface area contributed by atoms with Crippen LogP contribution in [0.5, 0.6) is 0 Å². The Hall–Kier alpha value is -1.57. The third-order valence-electron chi connectivity index (χ3n) is 4.21. The van der Waals surface area contributed by atoms with Gasteiger partial charge < -0.3 is 4.74 Å². The maximum atomic E-state index is 11.6. The zero-order chi connectivity index (χ0) is 12.2. The molecular formula is C15H16O2. The van der Waals surface area contributed by atoms with E-state index in [4.69, 9.17) is 4.74 Å². The van der Waals surface area contributed by atoms with Crippen molar-refractivity contribution >= 4 is 5.97 Å². The largest absolute Gasteiger partial charge is 0.423 e. The van der Waals surface area contributed by atoms with Crippen molar-refractivity contribution in [1.82, 2.24) is 0 Å². The highest BCUT2D eigenvalue weighted by Crippen LogP contribution is 2.51. The van der Waals surface area contributed by atoms with Crippen LogP contribution < -0.4 is 0 Å². The van der Waals surface area contributed by atoms with Gasteiger partial charge in [-0.2, -0.15) is 0 Å². The molecule has 17 heavy (non-hydrogen) atoms. The van der Waals surface area contributed by atoms with Crippen LogP contribution in [0.15, 0.2) is 47.3 Å². The Bertz CT molecular complexity index is 519. The summed E-state index contributed by atoms with van der Waals surface area (Å²) >= 11 is 0. The summed E-state index contributed by atoms with van der Waals surface area (Å²) in [7, 11) is 0. The average molecular weight is 228 g/mol. The fourth-order valence-corrected chi connectivity index (χ4v) is 3.08. The molecule has 0 saturated heterocycles. The smallest absolute Gasteiger partial charge is 0.339 e. The lowest BCUT2D eigenvalue weighted by Crippen LogP contribution is -2.31. The van der Waals surface area contributed by atoms with Gasteiger partial charge in [-0.05, 0) is 31.8 Å². The number of hydrogen-bond acceptors (Lipinski definition) is 2. The molecule has 2 nitrogen and oxygen atoms in total. The zero-order valence-corrected chi connectivity index (χ0v) is 10.2. The van der Waals surface area contributed by atoms with Crippen LogP contribution in [0.1, 0.15) is 26.7 Å². The molecule has 0 bridgehead atoms. The quantitative estimate of drug-likeness (QED) is 0.470. The van der Waals surface area contributed by atoms with Crippen LogP contribution in [0.4, 0.5) is 0 Å². The first-order valence-corrected chi connectivity index (χ1v) is 6.02. The highest BCUT2D eigenvalue weighted by molar-refractivity contribution is 5.94. The summed E-state index contributed by atoms with van der Waals surface area (Å²) in [6.45, 7) is 8.21. The summed E-state index contributed by atoms with van der Waals surface area (Å²) in [6.07, 6.45) is 8.30. The summed E-state index contributed by atoms with van der Waals surface area (Å²) in [6, 6.07) is 0. The molecule has 88 valence electrons. The highest BCUT2D eigenvalue weighted by atomic mass is 16.5. The summed E-state index contributed by atoms with van der Waals surface area (Å²) in [5.41, 5.74) is 3.05. The molecule has 3 aliphatic rings. The normalized spacial score (nSPS) is 35.4. The van der Waals surface area contributed by atoms with Gasteiger partial charge in [-0.1, -0.05) is 31.2 Å². The van der Waals surface area contributed by atoms with Crippen molar-refractivity contribution in [2.24, 2.45) is 11.3 Å². The molecular weight excluding hydrogens is 212 g/mol. The molecule has 3 rings (SSSR count). The van der Waals surface area contributed by atoms with Crippen LogP contribution in [0.25, 0.3) is 0 Å². The van der Waals surface area contributed by atoms with Crippen molar-refractivity contribution < 1.29 is 9.53 Å². The molecule has 0 fully saturated rings. The van der Waals surface area contributed by atoms with Crippen molar-refractivity contribution in [3.8, 4) is 0 Å². The lowest BCUT2D eigenvalue weighted by Gasteiger charge is -2.40. The molecule has 1 heterocycles. The van der Waals surface area contributed by atoms with Gasteiger partial charge in [0.05, 0.1) is 0 Å². The van der Waals surface area contributed by atoms with Gasteiger partial charge in [0.25, 0.3) is 0 Å². The van der Waals surface area contributed by atoms with Crippen LogP contribution >= 0.6 is 0 Å². The van der Waals surface area contributed by atoms with E-state index < -0.39 is 0 Å². The Morgan fingerprint density at radius 2 is 2.29 bits per heavy atom. The number of carbonyl (C=O) groups excluding carboxylic acids is 1. The third-order valence-corrected chi connectivity index (χ3v) is 4.21. The monoisotopic (exact) mass is 228 g/mol. The van der Waals surface area contributed by atoms with Crippen molar-refractivity contribution in [3.63, 3.8) is 0 Å². The van der Waals surface area contributed by atoms with E-state index in [0.29, 0.717) is 5.92 Å². The van der Waals surface area contributed by atoms with Gasteiger partial charge in [-0.25, -0.2) is 4.79 Å². The molecule has 2 atom stereocenters. The predicted octanol–water partition coefficient (Wildman–Crippen LogP) is 3.29. The minimum Gasteiger partial charge on any atom is -0.423 e. The number of rotatable bonds is 0. The number of esters is 1. The molecule has 0 aromatic carbocycles. The Morgan fingerprint density at radius 1 is 1.53 bits per heavy atom. The van der Waals surface area contributed by atoms with Crippen LogP contribution in [0, 0.1) is 11.3 Å². The number of carbonyl (C=O) groups is 1. The van der Waals surface area contributed by atoms with Crippen molar-refractivity contribution in [1.29, 1.82) is 0 Å². The van der Waals surface area contributed by atoms with Gasteiger partial charge in [0.2, 0.25) is 0 Å². The van der Waals surface area contributed by atoms with E-state index in [1.54, 1.807) is 0 Å². The van der Waals surface area contributed by atoms with Gasteiger partial charge in [-0.15, -0.1) is 0 Å².